The van der Waals surface area contributed by atoms with Crippen LogP contribution in [-0.2, 0) is 24.4 Å². The lowest BCUT2D eigenvalue weighted by molar-refractivity contribution is -0.142. The molecule has 2 aromatic carbocycles. The first-order valence-electron chi connectivity index (χ1n) is 17.2. The lowest BCUT2D eigenvalue weighted by Gasteiger charge is -2.37. The van der Waals surface area contributed by atoms with Crippen LogP contribution in [0.25, 0.3) is 0 Å². The Hall–Kier alpha value is -3.81. The molecule has 4 N–H and O–H groups in total. The van der Waals surface area contributed by atoms with Crippen molar-refractivity contribution in [1.82, 2.24) is 15.4 Å². The molecule has 0 aromatic heterocycles. The molecule has 50 heavy (non-hydrogen) atoms. The molecular weight excluding hydrogens is 677 g/mol. The quantitative estimate of drug-likeness (QED) is 0.158. The van der Waals surface area contributed by atoms with Crippen molar-refractivity contribution in [3.8, 4) is 5.75 Å². The molecule has 13 heteroatoms. The highest BCUT2D eigenvalue weighted by molar-refractivity contribution is 7.98. The third kappa shape index (κ3) is 9.49. The largest absolute Gasteiger partial charge is 0.483 e. The van der Waals surface area contributed by atoms with E-state index in [9.17, 15) is 27.9 Å². The van der Waals surface area contributed by atoms with Gasteiger partial charge in [0.25, 0.3) is 5.91 Å². The molecule has 2 aromatic rings. The van der Waals surface area contributed by atoms with E-state index in [1.807, 2.05) is 55.7 Å². The molecule has 0 saturated heterocycles. The molecule has 1 aliphatic heterocycles. The lowest BCUT2D eigenvalue weighted by atomic mass is 9.83. The Morgan fingerprint density at radius 1 is 1.06 bits per heavy atom. The zero-order valence-corrected chi connectivity index (χ0v) is 31.1. The number of hydrogen-bond acceptors (Lipinski definition) is 8. The number of fused-ring (bicyclic) bond motifs is 1. The predicted molar refractivity (Wildman–Crippen MR) is 197 cm³/mol. The van der Waals surface area contributed by atoms with Crippen molar-refractivity contribution in [3.63, 3.8) is 0 Å². The van der Waals surface area contributed by atoms with Crippen LogP contribution in [0.4, 0.5) is 11.4 Å². The van der Waals surface area contributed by atoms with Gasteiger partial charge < -0.3 is 25.4 Å². The zero-order chi connectivity index (χ0) is 36.5. The van der Waals surface area contributed by atoms with Crippen molar-refractivity contribution in [3.05, 3.63) is 66.8 Å². The average molecular weight is 727 g/mol. The van der Waals surface area contributed by atoms with E-state index in [0.29, 0.717) is 30.0 Å². The number of carbonyl (C=O) groups is 3. The number of aliphatic carboxylic acids is 1. The molecule has 0 fully saturated rings. The second-order valence-electron chi connectivity index (χ2n) is 13.1. The van der Waals surface area contributed by atoms with Gasteiger partial charge in [0.05, 0.1) is 16.1 Å². The summed E-state index contributed by atoms with van der Waals surface area (Å²) in [4.78, 5) is 40.8. The molecule has 0 bridgehead atoms. The van der Waals surface area contributed by atoms with E-state index in [1.165, 1.54) is 24.8 Å². The third-order valence-electron chi connectivity index (χ3n) is 9.26. The number of unbranched alkanes of at least 4 members (excludes halogenated alkanes) is 2. The van der Waals surface area contributed by atoms with Crippen LogP contribution >= 0.6 is 11.8 Å². The first kappa shape index (κ1) is 39.0. The summed E-state index contributed by atoms with van der Waals surface area (Å²) in [6.45, 7) is 7.40. The summed E-state index contributed by atoms with van der Waals surface area (Å²) in [5, 5.41) is 14.5. The Kier molecular flexibility index (Phi) is 13.6. The summed E-state index contributed by atoms with van der Waals surface area (Å²) in [6, 6.07) is 10.8. The summed E-state index contributed by atoms with van der Waals surface area (Å²) in [6.07, 6.45) is 14.1. The first-order chi connectivity index (χ1) is 23.8. The van der Waals surface area contributed by atoms with Gasteiger partial charge in [-0.2, -0.15) is 0 Å². The Bertz CT molecular complexity index is 1670. The van der Waals surface area contributed by atoms with Crippen LogP contribution in [-0.4, -0.2) is 68.3 Å². The number of allylic oxidation sites excluding steroid dienone is 3. The van der Waals surface area contributed by atoms with Crippen LogP contribution < -0.4 is 25.0 Å². The Labute approximate surface area is 300 Å². The van der Waals surface area contributed by atoms with E-state index < -0.39 is 58.0 Å². The second-order valence-corrected chi connectivity index (χ2v) is 15.6. The maximum atomic E-state index is 14.3. The molecular formula is C37H50N4O7S2. The number of ether oxygens (including phenoxy) is 1. The molecule has 2 aliphatic rings. The molecule has 0 saturated carbocycles. The van der Waals surface area contributed by atoms with E-state index in [0.717, 1.165) is 31.4 Å². The summed E-state index contributed by atoms with van der Waals surface area (Å²) in [5.41, 5.74) is 0.691. The Morgan fingerprint density at radius 3 is 2.32 bits per heavy atom. The normalized spacial score (nSPS) is 20.2. The number of carboxylic acid groups (broad SMARTS) is 1. The van der Waals surface area contributed by atoms with Crippen molar-refractivity contribution < 1.29 is 32.6 Å². The van der Waals surface area contributed by atoms with Gasteiger partial charge in [0.2, 0.25) is 15.9 Å². The van der Waals surface area contributed by atoms with Crippen LogP contribution in [0.2, 0.25) is 0 Å². The van der Waals surface area contributed by atoms with Gasteiger partial charge >= 0.3 is 5.97 Å². The number of rotatable bonds is 16. The van der Waals surface area contributed by atoms with Crippen molar-refractivity contribution in [2.45, 2.75) is 93.6 Å². The minimum absolute atomic E-state index is 0.0531. The maximum absolute atomic E-state index is 14.3. The molecule has 272 valence electrons. The van der Waals surface area contributed by atoms with E-state index in [2.05, 4.69) is 34.1 Å². The molecule has 3 unspecified atom stereocenters. The van der Waals surface area contributed by atoms with Crippen LogP contribution in [0.1, 0.15) is 66.2 Å². The van der Waals surface area contributed by atoms with E-state index in [4.69, 9.17) is 4.74 Å². The van der Waals surface area contributed by atoms with Gasteiger partial charge in [-0.3, -0.25) is 14.4 Å². The van der Waals surface area contributed by atoms with Gasteiger partial charge in [0, 0.05) is 24.2 Å². The van der Waals surface area contributed by atoms with Crippen molar-refractivity contribution in [2.75, 3.05) is 24.3 Å². The Balaban J connectivity index is 1.68. The Morgan fingerprint density at radius 2 is 1.72 bits per heavy atom. The molecule has 11 nitrogen and oxygen atoms in total. The summed E-state index contributed by atoms with van der Waals surface area (Å²) in [7, 11) is -4.04. The topological polar surface area (TPSA) is 154 Å². The fourth-order valence-corrected chi connectivity index (χ4v) is 8.66. The third-order valence-corrected chi connectivity index (χ3v) is 11.6. The highest BCUT2D eigenvalue weighted by atomic mass is 32.2. The number of thioether (sulfide) groups is 1. The van der Waals surface area contributed by atoms with E-state index in [1.54, 1.807) is 18.2 Å². The van der Waals surface area contributed by atoms with Gasteiger partial charge in [-0.05, 0) is 50.1 Å². The van der Waals surface area contributed by atoms with E-state index >= 15 is 0 Å². The van der Waals surface area contributed by atoms with Gasteiger partial charge in [-0.1, -0.05) is 89.0 Å². The van der Waals surface area contributed by atoms with Gasteiger partial charge in [0.1, 0.15) is 22.7 Å². The number of carbonyl (C=O) groups excluding carboxylic acids is 2. The number of carboxylic acids is 1. The number of benzene rings is 2. The number of nitrogens with zero attached hydrogens (tertiary/aromatic N) is 1. The van der Waals surface area contributed by atoms with Gasteiger partial charge in [-0.15, -0.1) is 11.8 Å². The summed E-state index contributed by atoms with van der Waals surface area (Å²) < 4.78 is 37.7. The lowest BCUT2D eigenvalue weighted by Crippen LogP contribution is -2.55. The van der Waals surface area contributed by atoms with Crippen molar-refractivity contribution in [1.29, 1.82) is 0 Å². The number of sulfonamides is 1. The minimum Gasteiger partial charge on any atom is -0.483 e. The molecule has 0 radical (unpaired) electrons. The highest BCUT2D eigenvalue weighted by Crippen LogP contribution is 2.44. The summed E-state index contributed by atoms with van der Waals surface area (Å²) >= 11 is 1.37. The van der Waals surface area contributed by atoms with Crippen molar-refractivity contribution in [2.24, 2.45) is 11.8 Å². The minimum atomic E-state index is -4.04. The smallest absolute Gasteiger partial charge is 0.325 e. The molecule has 1 aliphatic carbocycles. The number of hydrogen-bond donors (Lipinski definition) is 4. The highest BCUT2D eigenvalue weighted by Gasteiger charge is 2.42. The predicted octanol–water partition coefficient (Wildman–Crippen LogP) is 5.79. The van der Waals surface area contributed by atoms with Crippen LogP contribution in [0, 0.1) is 11.8 Å². The van der Waals surface area contributed by atoms with Gasteiger partial charge in [0.15, 0.2) is 6.61 Å². The average Bonchev–Trinajstić information content (AvgIpc) is 3.19. The standard InChI is InChI=1S/C37H50N4O7S2/c1-6-8-19-37(20-9-7-2)24-41(27-16-11-10-12-17-27)29-21-31(49-5)30(22-32(29)50(46,47)40-37)48-23-33(42)39-34(28-18-14-13-15-25(28)3)35(43)38-26(4)36(44)45/h10-18,21-22,25-26,28,34,40H,6-9,19-20,23-24H2,1-5H3,(H,38,43)(H,39,42)(H,44,45)/t25?,26-,28?,34?/m0/s1. The number of para-hydroxylation sites is 1. The fourth-order valence-electron chi connectivity index (χ4n) is 6.45. The number of anilines is 2. The van der Waals surface area contributed by atoms with Gasteiger partial charge in [-0.25, -0.2) is 13.1 Å². The zero-order valence-electron chi connectivity index (χ0n) is 29.5. The summed E-state index contributed by atoms with van der Waals surface area (Å²) in [5.74, 6) is -2.77. The molecule has 2 amide bonds. The maximum Gasteiger partial charge on any atom is 0.325 e. The van der Waals surface area contributed by atoms with Crippen molar-refractivity contribution >= 4 is 50.9 Å². The monoisotopic (exact) mass is 726 g/mol. The molecule has 4 atom stereocenters. The molecule has 0 spiro atoms. The van der Waals surface area contributed by atoms with Crippen LogP contribution in [0.5, 0.6) is 5.75 Å². The number of nitrogens with one attached hydrogen (secondary N) is 3. The first-order valence-corrected chi connectivity index (χ1v) is 19.9. The fraction of sp³-hybridized carbons (Fsp3) is 0.486. The molecule has 4 rings (SSSR count). The van der Waals surface area contributed by atoms with Crippen LogP contribution in [0.3, 0.4) is 0 Å². The van der Waals surface area contributed by atoms with E-state index in [-0.39, 0.29) is 16.6 Å². The number of amides is 2. The van der Waals surface area contributed by atoms with Crippen LogP contribution in [0.15, 0.2) is 76.6 Å². The molecule has 1 heterocycles. The second kappa shape index (κ2) is 17.4. The SMILES string of the molecule is CCCCC1(CCCC)CN(c2ccccc2)c2cc(SC)c(OCC(=O)NC(C(=O)N[C@@H](C)C(=O)O)C3C=CC=CC3C)cc2S(=O)(=O)N1.